The van der Waals surface area contributed by atoms with Gasteiger partial charge in [0.2, 0.25) is 0 Å². The van der Waals surface area contributed by atoms with E-state index in [1.165, 1.54) is 6.07 Å². The number of ether oxygens (including phenoxy) is 1. The molecule has 0 aliphatic rings. The monoisotopic (exact) mass is 332 g/mol. The molecular weight excluding hydrogens is 329 g/mol. The number of rotatable bonds is 4. The van der Waals surface area contributed by atoms with Crippen molar-refractivity contribution in [2.75, 3.05) is 0 Å². The molecule has 0 heterocycles. The predicted molar refractivity (Wildman–Crippen MR) is 56.1 cm³/mol. The maximum Gasteiger partial charge on any atom is 0.150 e. The highest BCUT2D eigenvalue weighted by Crippen LogP contribution is 2.51. The van der Waals surface area contributed by atoms with E-state index in [-0.39, 0.29) is 10.0 Å². The minimum atomic E-state index is -5.80. The first kappa shape index (κ1) is 16.0. The first-order valence-corrected chi connectivity index (χ1v) is 8.15. The fourth-order valence-corrected chi connectivity index (χ4v) is 3.31. The maximum atomic E-state index is 10.7. The van der Waals surface area contributed by atoms with E-state index >= 15 is 0 Å². The topological polar surface area (TPSA) is 136 Å². The van der Waals surface area contributed by atoms with E-state index in [4.69, 9.17) is 23.2 Å². The van der Waals surface area contributed by atoms with Crippen LogP contribution in [0.1, 0.15) is 0 Å². The summed E-state index contributed by atoms with van der Waals surface area (Å²) in [5.74, 6) is -0.454. The summed E-state index contributed by atoms with van der Waals surface area (Å²) in [5.41, 5.74) is -3.05. The molecule has 0 N–H and O–H groups in total. The zero-order chi connectivity index (χ0) is 14.1. The zero-order valence-corrected chi connectivity index (χ0v) is 11.6. The Morgan fingerprint density at radius 2 is 1.56 bits per heavy atom. The van der Waals surface area contributed by atoms with Crippen molar-refractivity contribution < 1.29 is 33.4 Å². The summed E-state index contributed by atoms with van der Waals surface area (Å²) in [5, 5.41) is -0.0711. The Morgan fingerprint density at radius 1 is 1.06 bits per heavy atom. The molecule has 1 aromatic carbocycles. The molecule has 1 rings (SSSR count). The number of hydrogen-bond donors (Lipinski definition) is 0. The Hall–Kier alpha value is -0.100. The van der Waals surface area contributed by atoms with Crippen LogP contribution in [-0.4, -0.2) is 5.59 Å². The third-order valence-corrected chi connectivity index (χ3v) is 5.19. The Balaban J connectivity index is 3.13. The Bertz CT molecular complexity index is 515. The number of halogens is 2. The second-order valence-electron chi connectivity index (χ2n) is 3.10. The maximum absolute atomic E-state index is 10.7. The molecule has 102 valence electrons. The molecule has 0 atom stereocenters. The van der Waals surface area contributed by atoms with Crippen molar-refractivity contribution in [3.63, 3.8) is 0 Å². The Labute approximate surface area is 112 Å². The van der Waals surface area contributed by atoms with Gasteiger partial charge in [0.05, 0.1) is 5.02 Å². The second-order valence-corrected chi connectivity index (χ2v) is 7.45. The van der Waals surface area contributed by atoms with Crippen LogP contribution in [0.3, 0.4) is 0 Å². The molecule has 1 aromatic rings. The smallest absolute Gasteiger partial charge is 0.150 e. The third kappa shape index (κ3) is 4.23. The van der Waals surface area contributed by atoms with E-state index in [9.17, 15) is 28.7 Å². The number of benzene rings is 1. The molecule has 0 unspecified atom stereocenters. The molecule has 0 radical (unpaired) electrons. The molecule has 0 saturated heterocycles. The van der Waals surface area contributed by atoms with Gasteiger partial charge < -0.3 is 33.4 Å². The molecule has 0 aliphatic carbocycles. The second kappa shape index (κ2) is 5.49. The SMILES string of the molecule is O=P([O-])([O-])C(Oc1ccc(Cl)cc1Cl)P(=O)([O-])[O-]. The minimum Gasteiger partial charge on any atom is -0.808 e. The van der Waals surface area contributed by atoms with Crippen LogP contribution in [0, 0.1) is 0 Å². The molecule has 0 saturated carbocycles. The Morgan fingerprint density at radius 3 is 1.94 bits per heavy atom. The molecule has 7 nitrogen and oxygen atoms in total. The van der Waals surface area contributed by atoms with Crippen molar-refractivity contribution >= 4 is 38.4 Å². The summed E-state index contributed by atoms with van der Waals surface area (Å²) in [6.45, 7) is 0. The lowest BCUT2D eigenvalue weighted by Crippen LogP contribution is -2.37. The van der Waals surface area contributed by atoms with E-state index in [0.29, 0.717) is 0 Å². The van der Waals surface area contributed by atoms with E-state index in [2.05, 4.69) is 4.74 Å². The highest BCUT2D eigenvalue weighted by molar-refractivity contribution is 7.67. The van der Waals surface area contributed by atoms with Crippen molar-refractivity contribution in [2.45, 2.75) is 5.59 Å². The lowest BCUT2D eigenvalue weighted by Gasteiger charge is -2.48. The number of hydrogen-bond acceptors (Lipinski definition) is 7. The highest BCUT2D eigenvalue weighted by Gasteiger charge is 2.20. The average Bonchev–Trinajstić information content (AvgIpc) is 2.12. The fourth-order valence-electron chi connectivity index (χ4n) is 0.987. The van der Waals surface area contributed by atoms with Crippen LogP contribution >= 0.6 is 38.4 Å². The summed E-state index contributed by atoms with van der Waals surface area (Å²) in [7, 11) is -11.6. The first-order chi connectivity index (χ1) is 8.01. The van der Waals surface area contributed by atoms with E-state index in [1.54, 1.807) is 0 Å². The van der Waals surface area contributed by atoms with Gasteiger partial charge in [-0.25, -0.2) is 0 Å². The lowest BCUT2D eigenvalue weighted by atomic mass is 10.3. The predicted octanol–water partition coefficient (Wildman–Crippen LogP) is -0.517. The van der Waals surface area contributed by atoms with Crippen molar-refractivity contribution in [3.05, 3.63) is 28.2 Å². The molecule has 0 amide bonds. The van der Waals surface area contributed by atoms with Crippen LogP contribution in [0.4, 0.5) is 0 Å². The van der Waals surface area contributed by atoms with Crippen molar-refractivity contribution in [2.24, 2.45) is 0 Å². The van der Waals surface area contributed by atoms with Crippen molar-refractivity contribution in [1.29, 1.82) is 0 Å². The van der Waals surface area contributed by atoms with E-state index < -0.39 is 26.5 Å². The molecule has 0 aromatic heterocycles. The van der Waals surface area contributed by atoms with Crippen molar-refractivity contribution in [1.82, 2.24) is 0 Å². The van der Waals surface area contributed by atoms with Gasteiger partial charge in [-0.1, -0.05) is 23.2 Å². The van der Waals surface area contributed by atoms with E-state index in [0.717, 1.165) is 12.1 Å². The summed E-state index contributed by atoms with van der Waals surface area (Å²) in [6.07, 6.45) is 0. The van der Waals surface area contributed by atoms with Gasteiger partial charge in [0.15, 0.2) is 0 Å². The van der Waals surface area contributed by atoms with Crippen LogP contribution in [0.15, 0.2) is 18.2 Å². The van der Waals surface area contributed by atoms with Crippen LogP contribution in [0.25, 0.3) is 0 Å². The molecule has 0 spiro atoms. The summed E-state index contributed by atoms with van der Waals surface area (Å²) in [6, 6.07) is 3.36. The van der Waals surface area contributed by atoms with Crippen LogP contribution in [0.2, 0.25) is 10.0 Å². The molecule has 0 bridgehead atoms. The standard InChI is InChI=1S/C7H8Cl2O7P2/c8-4-1-2-6(5(9)3-4)16-7(17(10,11)12)18(13,14)15/h1-3,7H,(H2,10,11,12)(H2,13,14,15)/p-4. The molecule has 0 aliphatic heterocycles. The van der Waals surface area contributed by atoms with Crippen LogP contribution in [-0.2, 0) is 9.13 Å². The van der Waals surface area contributed by atoms with Gasteiger partial charge in [-0.05, 0) is 33.4 Å². The van der Waals surface area contributed by atoms with E-state index in [1.807, 2.05) is 0 Å². The fraction of sp³-hybridized carbons (Fsp3) is 0.143. The van der Waals surface area contributed by atoms with Crippen LogP contribution < -0.4 is 24.3 Å². The molecule has 0 fully saturated rings. The van der Waals surface area contributed by atoms with Gasteiger partial charge in [0.1, 0.15) is 11.3 Å². The normalized spacial score (nSPS) is 12.8. The largest absolute Gasteiger partial charge is 0.808 e. The first-order valence-electron chi connectivity index (χ1n) is 4.17. The Kier molecular flexibility index (Phi) is 4.87. The summed E-state index contributed by atoms with van der Waals surface area (Å²) < 4.78 is 25.7. The van der Waals surface area contributed by atoms with Gasteiger partial charge in [-0.2, -0.15) is 0 Å². The average molecular weight is 333 g/mol. The zero-order valence-electron chi connectivity index (χ0n) is 8.32. The lowest BCUT2D eigenvalue weighted by molar-refractivity contribution is -0.336. The summed E-state index contributed by atoms with van der Waals surface area (Å²) in [4.78, 5) is 42.7. The van der Waals surface area contributed by atoms with Crippen LogP contribution in [0.5, 0.6) is 5.75 Å². The highest BCUT2D eigenvalue weighted by atomic mass is 35.5. The van der Waals surface area contributed by atoms with Crippen molar-refractivity contribution in [3.8, 4) is 5.75 Å². The van der Waals surface area contributed by atoms with Gasteiger partial charge in [0, 0.05) is 5.02 Å². The summed E-state index contributed by atoms with van der Waals surface area (Å²) >= 11 is 11.1. The van der Waals surface area contributed by atoms with Gasteiger partial charge in [-0.3, -0.25) is 0 Å². The minimum absolute atomic E-state index is 0.170. The van der Waals surface area contributed by atoms with Gasteiger partial charge in [0.25, 0.3) is 0 Å². The van der Waals surface area contributed by atoms with Gasteiger partial charge >= 0.3 is 0 Å². The van der Waals surface area contributed by atoms with Gasteiger partial charge in [-0.15, -0.1) is 0 Å². The molecule has 18 heavy (non-hydrogen) atoms. The molecular formula is C7H4Cl2O7P2-4. The third-order valence-electron chi connectivity index (χ3n) is 1.67. The molecule has 11 heteroatoms. The quantitative estimate of drug-likeness (QED) is 0.676.